The van der Waals surface area contributed by atoms with E-state index in [0.29, 0.717) is 43.6 Å². The Labute approximate surface area is 257 Å². The Balaban J connectivity index is 1.37. The number of carbonyl (C=O) groups is 1. The van der Waals surface area contributed by atoms with Crippen molar-refractivity contribution < 1.29 is 9.32 Å². The molecule has 11 nitrogen and oxygen atoms in total. The number of amides is 1. The zero-order valence-corrected chi connectivity index (χ0v) is 26.2. The van der Waals surface area contributed by atoms with Gasteiger partial charge >= 0.3 is 0 Å². The molecule has 1 amide bonds. The van der Waals surface area contributed by atoms with Gasteiger partial charge in [-0.15, -0.1) is 11.3 Å². The first-order valence-electron chi connectivity index (χ1n) is 15.0. The van der Waals surface area contributed by atoms with Crippen molar-refractivity contribution in [3.8, 4) is 11.5 Å². The van der Waals surface area contributed by atoms with E-state index in [-0.39, 0.29) is 11.9 Å². The number of aryl methyl sites for hydroxylation is 1. The smallest absolute Gasteiger partial charge is 0.246 e. The van der Waals surface area contributed by atoms with Crippen molar-refractivity contribution in [2.24, 2.45) is 4.99 Å². The number of thiophene rings is 1. The first kappa shape index (κ1) is 29.3. The Kier molecular flexibility index (Phi) is 7.99. The van der Waals surface area contributed by atoms with Crippen LogP contribution >= 0.6 is 11.3 Å². The normalized spacial score (nSPS) is 22.9. The summed E-state index contributed by atoms with van der Waals surface area (Å²) in [6.07, 6.45) is 4.28. The fourth-order valence-corrected chi connectivity index (χ4v) is 8.00. The lowest BCUT2D eigenvalue weighted by atomic mass is 9.72. The van der Waals surface area contributed by atoms with Crippen molar-refractivity contribution >= 4 is 40.5 Å². The molecule has 12 heteroatoms. The van der Waals surface area contributed by atoms with E-state index in [2.05, 4.69) is 71.2 Å². The van der Waals surface area contributed by atoms with E-state index in [0.717, 1.165) is 67.5 Å². The van der Waals surface area contributed by atoms with Crippen LogP contribution in [-0.2, 0) is 23.2 Å². The highest BCUT2D eigenvalue weighted by Gasteiger charge is 2.42. The number of pyridine rings is 1. The number of fused-ring (bicyclic) bond motifs is 1. The van der Waals surface area contributed by atoms with E-state index in [1.807, 2.05) is 4.90 Å². The van der Waals surface area contributed by atoms with Crippen LogP contribution in [-0.4, -0.2) is 96.5 Å². The minimum Gasteiger partial charge on any atom is -0.390 e. The number of nitrogens with two attached hydrogens (primary N) is 1. The summed E-state index contributed by atoms with van der Waals surface area (Å²) < 4.78 is 6.04. The van der Waals surface area contributed by atoms with Gasteiger partial charge in [0.05, 0.1) is 17.0 Å². The molecule has 3 aromatic heterocycles. The van der Waals surface area contributed by atoms with Gasteiger partial charge in [-0.1, -0.05) is 11.7 Å². The van der Waals surface area contributed by atoms with Gasteiger partial charge < -0.3 is 29.9 Å². The summed E-state index contributed by atoms with van der Waals surface area (Å²) in [5.74, 6) is 1.92. The van der Waals surface area contributed by atoms with Crippen molar-refractivity contribution in [3.05, 3.63) is 46.7 Å². The monoisotopic (exact) mass is 603 g/mol. The molecule has 2 aliphatic heterocycles. The molecule has 2 saturated heterocycles. The second-order valence-corrected chi connectivity index (χ2v) is 13.3. The molecule has 6 rings (SSSR count). The molecular formula is C31H41N9O2S. The minimum atomic E-state index is -0.464. The van der Waals surface area contributed by atoms with E-state index >= 15 is 0 Å². The molecule has 2 fully saturated rings. The Morgan fingerprint density at radius 2 is 1.98 bits per heavy atom. The number of anilines is 3. The number of likely N-dealkylation sites (N-methyl/N-ethyl adjacent to an activating group) is 1. The number of nitrogen functional groups attached to an aromatic ring is 1. The number of aromatic nitrogens is 3. The number of hydrogen-bond donors (Lipinski definition) is 1. The van der Waals surface area contributed by atoms with Crippen molar-refractivity contribution in [2.75, 3.05) is 68.4 Å². The molecular weight excluding hydrogens is 562 g/mol. The van der Waals surface area contributed by atoms with Crippen LogP contribution in [0.1, 0.15) is 48.6 Å². The number of hydrogen-bond acceptors (Lipinski definition) is 11. The Bertz CT molecular complexity index is 1530. The predicted octanol–water partition coefficient (Wildman–Crippen LogP) is 3.59. The second-order valence-electron chi connectivity index (χ2n) is 12.1. The maximum Gasteiger partial charge on any atom is 0.246 e. The predicted molar refractivity (Wildman–Crippen MR) is 172 cm³/mol. The molecule has 2 N–H and O–H groups in total. The molecule has 0 saturated carbocycles. The van der Waals surface area contributed by atoms with Crippen LogP contribution in [0.2, 0.25) is 0 Å². The minimum absolute atomic E-state index is 0.0289. The zero-order chi connectivity index (χ0) is 30.3. The summed E-state index contributed by atoms with van der Waals surface area (Å²) in [5.41, 5.74) is 9.89. The fourth-order valence-electron chi connectivity index (χ4n) is 6.75. The van der Waals surface area contributed by atoms with E-state index in [1.54, 1.807) is 11.3 Å². The summed E-state index contributed by atoms with van der Waals surface area (Å²) in [7, 11) is 2.15. The molecule has 2 atom stereocenters. The van der Waals surface area contributed by atoms with Crippen LogP contribution < -0.4 is 15.5 Å². The summed E-state index contributed by atoms with van der Waals surface area (Å²) in [6.45, 7) is 17.9. The lowest BCUT2D eigenvalue weighted by Gasteiger charge is -2.41. The highest BCUT2D eigenvalue weighted by Crippen LogP contribution is 2.49. The molecule has 0 aromatic carbocycles. The third kappa shape index (κ3) is 5.42. The van der Waals surface area contributed by atoms with Gasteiger partial charge in [0.2, 0.25) is 17.6 Å². The maximum absolute atomic E-state index is 12.4. The van der Waals surface area contributed by atoms with E-state index in [9.17, 15) is 4.79 Å². The van der Waals surface area contributed by atoms with E-state index in [1.165, 1.54) is 16.5 Å². The zero-order valence-electron chi connectivity index (χ0n) is 25.4. The average molecular weight is 604 g/mol. The van der Waals surface area contributed by atoms with Crippen molar-refractivity contribution in [1.82, 2.24) is 24.9 Å². The third-order valence-corrected chi connectivity index (χ3v) is 10.3. The molecule has 5 heterocycles. The van der Waals surface area contributed by atoms with E-state index in [4.69, 9.17) is 20.2 Å². The molecule has 0 spiro atoms. The highest BCUT2D eigenvalue weighted by molar-refractivity contribution is 7.16. The first-order chi connectivity index (χ1) is 20.7. The number of nitrogens with zero attached hydrogens (tertiary/aromatic N) is 8. The molecule has 3 aromatic rings. The van der Waals surface area contributed by atoms with Crippen LogP contribution in [0.3, 0.4) is 0 Å². The molecule has 228 valence electrons. The highest BCUT2D eigenvalue weighted by atomic mass is 32.1. The summed E-state index contributed by atoms with van der Waals surface area (Å²) in [5, 5.41) is 5.28. The lowest BCUT2D eigenvalue weighted by Crippen LogP contribution is -2.53. The van der Waals surface area contributed by atoms with Gasteiger partial charge in [0, 0.05) is 74.0 Å². The number of carbonyl (C=O) groups excluding carboxylic acids is 1. The Morgan fingerprint density at radius 1 is 1.21 bits per heavy atom. The van der Waals surface area contributed by atoms with Gasteiger partial charge in [-0.05, 0) is 64.6 Å². The quantitative estimate of drug-likeness (QED) is 0.319. The van der Waals surface area contributed by atoms with Crippen molar-refractivity contribution in [3.63, 3.8) is 0 Å². The maximum atomic E-state index is 12.4. The fraction of sp³-hybridized carbons (Fsp3) is 0.516. The standard InChI is InChI=1S/C31H41N9O2S/c1-6-26(41)40-15-14-39(19-20(40)2)21-16-23(34-25(17-21)38-12-10-37(5)11-13-38)29-35-30(42-36-29)31(3)9-7-8-24-27(31)22(18-33-4)28(32)43-24/h6,16-17,20H,1,4,7-15,18-19,32H2,2-3,5H3. The summed E-state index contributed by atoms with van der Waals surface area (Å²) in [4.78, 5) is 36.7. The largest absolute Gasteiger partial charge is 0.390 e. The SMILES string of the molecule is C=CC(=O)N1CCN(c2cc(-c3noc(C4(C)CCCc5sc(N)c(CN=C)c54)n3)nc(N3CCN(C)CC3)c2)CC1C. The second kappa shape index (κ2) is 11.7. The van der Waals surface area contributed by atoms with Gasteiger partial charge in [-0.3, -0.25) is 9.79 Å². The van der Waals surface area contributed by atoms with Gasteiger partial charge in [0.15, 0.2) is 0 Å². The van der Waals surface area contributed by atoms with E-state index < -0.39 is 5.41 Å². The Morgan fingerprint density at radius 3 is 2.70 bits per heavy atom. The van der Waals surface area contributed by atoms with Gasteiger partial charge in [0.25, 0.3) is 0 Å². The summed E-state index contributed by atoms with van der Waals surface area (Å²) >= 11 is 1.64. The van der Waals surface area contributed by atoms with Gasteiger partial charge in [-0.2, -0.15) is 4.98 Å². The van der Waals surface area contributed by atoms with Crippen LogP contribution in [0.15, 0.2) is 34.3 Å². The van der Waals surface area contributed by atoms with Crippen molar-refractivity contribution in [2.45, 2.75) is 51.1 Å². The van der Waals surface area contributed by atoms with Crippen LogP contribution in [0, 0.1) is 0 Å². The summed E-state index contributed by atoms with van der Waals surface area (Å²) in [6, 6.07) is 4.26. The van der Waals surface area contributed by atoms with Gasteiger partial charge in [-0.25, -0.2) is 4.98 Å². The number of aliphatic imine (C=N–C) groups is 1. The van der Waals surface area contributed by atoms with Gasteiger partial charge in [0.1, 0.15) is 11.5 Å². The van der Waals surface area contributed by atoms with Crippen LogP contribution in [0.4, 0.5) is 16.5 Å². The van der Waals surface area contributed by atoms with Crippen molar-refractivity contribution in [1.29, 1.82) is 0 Å². The first-order valence-corrected chi connectivity index (χ1v) is 15.8. The number of rotatable bonds is 7. The molecule has 43 heavy (non-hydrogen) atoms. The number of piperazine rings is 2. The van der Waals surface area contributed by atoms with Crippen LogP contribution in [0.25, 0.3) is 11.5 Å². The molecule has 0 bridgehead atoms. The third-order valence-electron chi connectivity index (χ3n) is 9.21. The van der Waals surface area contributed by atoms with Crippen LogP contribution in [0.5, 0.6) is 0 Å². The lowest BCUT2D eigenvalue weighted by molar-refractivity contribution is -0.128. The topological polar surface area (TPSA) is 120 Å². The molecule has 2 unspecified atom stereocenters. The molecule has 0 radical (unpaired) electrons. The molecule has 3 aliphatic rings. The molecule has 1 aliphatic carbocycles. The average Bonchev–Trinajstić information content (AvgIpc) is 3.63. The Hall–Kier alpha value is -3.77.